The Kier molecular flexibility index (Phi) is 6.87. The summed E-state index contributed by atoms with van der Waals surface area (Å²) in [5.41, 5.74) is 7.47. The van der Waals surface area contributed by atoms with E-state index in [4.69, 9.17) is 9.26 Å². The van der Waals surface area contributed by atoms with Crippen LogP contribution >= 0.6 is 7.37 Å². The molecule has 1 aliphatic rings. The van der Waals surface area contributed by atoms with Gasteiger partial charge < -0.3 is 18.9 Å². The van der Waals surface area contributed by atoms with Crippen molar-refractivity contribution < 1.29 is 18.9 Å². The zero-order valence-electron chi connectivity index (χ0n) is 25.1. The normalized spacial score (nSPS) is 15.5. The smallest absolute Gasteiger partial charge is 0.307 e. The second-order valence-electron chi connectivity index (χ2n) is 11.3. The van der Waals surface area contributed by atoms with Crippen molar-refractivity contribution in [2.24, 2.45) is 0 Å². The fourth-order valence-electron chi connectivity index (χ4n) is 6.56. The molecular formula is C40H30NO4P. The molecule has 1 aliphatic heterocycles. The zero-order valence-corrected chi connectivity index (χ0v) is 26.0. The van der Waals surface area contributed by atoms with Gasteiger partial charge >= 0.3 is 7.37 Å². The van der Waals surface area contributed by atoms with Crippen molar-refractivity contribution in [1.82, 2.24) is 4.57 Å². The van der Waals surface area contributed by atoms with Crippen molar-refractivity contribution in [1.29, 1.82) is 0 Å². The van der Waals surface area contributed by atoms with E-state index in [0.29, 0.717) is 27.7 Å². The van der Waals surface area contributed by atoms with Crippen LogP contribution in [0.5, 0.6) is 11.5 Å². The summed E-state index contributed by atoms with van der Waals surface area (Å²) in [6, 6.07) is 44.2. The molecule has 0 saturated carbocycles. The number of ether oxygens (including phenoxy) is 1. The lowest BCUT2D eigenvalue weighted by Gasteiger charge is -2.30. The van der Waals surface area contributed by atoms with Gasteiger partial charge in [0.2, 0.25) is 0 Å². The predicted molar refractivity (Wildman–Crippen MR) is 188 cm³/mol. The van der Waals surface area contributed by atoms with E-state index in [1.807, 2.05) is 66.7 Å². The van der Waals surface area contributed by atoms with Crippen molar-refractivity contribution in [3.63, 3.8) is 0 Å². The number of hydrogen-bond acceptors (Lipinski definition) is 4. The molecule has 0 radical (unpaired) electrons. The Labute approximate surface area is 267 Å². The average molecular weight is 620 g/mol. The van der Waals surface area contributed by atoms with E-state index in [0.717, 1.165) is 27.9 Å². The molecule has 0 bridgehead atoms. The van der Waals surface area contributed by atoms with Gasteiger partial charge in [0.25, 0.3) is 0 Å². The number of para-hydroxylation sites is 3. The summed E-state index contributed by atoms with van der Waals surface area (Å²) in [4.78, 5) is 0. The van der Waals surface area contributed by atoms with Crippen LogP contribution < -0.4 is 19.9 Å². The number of aromatic nitrogens is 1. The molecule has 0 saturated heterocycles. The Balaban J connectivity index is 1.16. The Bertz CT molecular complexity index is 2300. The highest BCUT2D eigenvalue weighted by Gasteiger charge is 2.39. The first-order valence-corrected chi connectivity index (χ1v) is 16.8. The topological polar surface area (TPSA) is 60.7 Å². The first kappa shape index (κ1) is 28.1. The first-order chi connectivity index (χ1) is 22.6. The molecule has 6 aromatic carbocycles. The Morgan fingerprint density at radius 1 is 0.717 bits per heavy atom. The van der Waals surface area contributed by atoms with Gasteiger partial charge in [-0.05, 0) is 65.2 Å². The van der Waals surface area contributed by atoms with Gasteiger partial charge in [0.1, 0.15) is 11.5 Å². The second kappa shape index (κ2) is 11.2. The number of hydrogen-bond donors (Lipinski definition) is 1. The number of aliphatic hydroxyl groups excluding tert-OH is 1. The van der Waals surface area contributed by atoms with E-state index < -0.39 is 7.37 Å². The van der Waals surface area contributed by atoms with Gasteiger partial charge in [-0.25, -0.2) is 0 Å². The van der Waals surface area contributed by atoms with E-state index in [9.17, 15) is 9.67 Å². The number of methoxy groups -OCH3 is 1. The van der Waals surface area contributed by atoms with Gasteiger partial charge in [0, 0.05) is 27.6 Å². The SMILES string of the molecule is COc1cc(P2(=O)Oc3ccccc3-c3ccccc32)c(CO)cc1/C=C/c1ccc(-n2c3ccccc3c3ccccc32)cc1. The van der Waals surface area contributed by atoms with Gasteiger partial charge in [-0.1, -0.05) is 97.1 Å². The summed E-state index contributed by atoms with van der Waals surface area (Å²) < 4.78 is 29.2. The minimum absolute atomic E-state index is 0.301. The van der Waals surface area contributed by atoms with Crippen molar-refractivity contribution in [2.45, 2.75) is 6.61 Å². The highest BCUT2D eigenvalue weighted by Crippen LogP contribution is 2.54. The number of rotatable bonds is 6. The van der Waals surface area contributed by atoms with Gasteiger partial charge in [0.05, 0.1) is 35.4 Å². The van der Waals surface area contributed by atoms with Gasteiger partial charge in [-0.2, -0.15) is 0 Å². The zero-order chi connectivity index (χ0) is 31.3. The molecule has 1 N–H and O–H groups in total. The van der Waals surface area contributed by atoms with Gasteiger partial charge in [-0.15, -0.1) is 0 Å². The third-order valence-corrected chi connectivity index (χ3v) is 11.3. The predicted octanol–water partition coefficient (Wildman–Crippen LogP) is 8.74. The fraction of sp³-hybridized carbons (Fsp3) is 0.0500. The van der Waals surface area contributed by atoms with Crippen molar-refractivity contribution in [2.75, 3.05) is 7.11 Å². The monoisotopic (exact) mass is 619 g/mol. The van der Waals surface area contributed by atoms with Crippen LogP contribution in [0.3, 0.4) is 0 Å². The lowest BCUT2D eigenvalue weighted by atomic mass is 10.0. The molecule has 0 amide bonds. The van der Waals surface area contributed by atoms with Crippen LogP contribution in [0.1, 0.15) is 16.7 Å². The van der Waals surface area contributed by atoms with Crippen LogP contribution in [0.15, 0.2) is 133 Å². The lowest BCUT2D eigenvalue weighted by molar-refractivity contribution is 0.282. The fourth-order valence-corrected chi connectivity index (χ4v) is 9.04. The standard InChI is InChI=1S/C40H30NO4P/c1-44-38-25-40(46(43)39-17-9-5-13-34(39)33-12-4-8-16-37(33)45-46)29(26-42)24-28(38)21-18-27-19-22-30(23-20-27)41-35-14-6-2-10-31(35)32-11-3-7-15-36(32)41/h2-25,42H,26H2,1H3/b21-18+. The molecule has 1 aromatic heterocycles. The van der Waals surface area contributed by atoms with Crippen LogP contribution in [0.2, 0.25) is 0 Å². The van der Waals surface area contributed by atoms with Crippen molar-refractivity contribution in [3.05, 3.63) is 150 Å². The molecule has 46 heavy (non-hydrogen) atoms. The molecule has 1 atom stereocenters. The third-order valence-electron chi connectivity index (χ3n) is 8.73. The lowest BCUT2D eigenvalue weighted by Crippen LogP contribution is -2.27. The minimum atomic E-state index is -3.61. The molecule has 0 fully saturated rings. The second-order valence-corrected chi connectivity index (χ2v) is 13.6. The van der Waals surface area contributed by atoms with Crippen LogP contribution in [0, 0.1) is 0 Å². The molecule has 7 aromatic rings. The van der Waals surface area contributed by atoms with Gasteiger partial charge in [0.15, 0.2) is 0 Å². The molecule has 224 valence electrons. The summed E-state index contributed by atoms with van der Waals surface area (Å²) >= 11 is 0. The van der Waals surface area contributed by atoms with Crippen LogP contribution in [0.25, 0.3) is 50.8 Å². The molecule has 8 rings (SSSR count). The summed E-state index contributed by atoms with van der Waals surface area (Å²) in [6.45, 7) is -0.301. The molecule has 0 spiro atoms. The summed E-state index contributed by atoms with van der Waals surface area (Å²) in [5, 5.41) is 14.0. The molecular weight excluding hydrogens is 589 g/mol. The van der Waals surface area contributed by atoms with Crippen molar-refractivity contribution >= 4 is 51.9 Å². The molecule has 5 nitrogen and oxygen atoms in total. The Hall–Kier alpha value is -5.35. The number of fused-ring (bicyclic) bond motifs is 6. The minimum Gasteiger partial charge on any atom is -0.496 e. The van der Waals surface area contributed by atoms with Crippen LogP contribution in [-0.4, -0.2) is 16.8 Å². The number of nitrogens with zero attached hydrogens (tertiary/aromatic N) is 1. The summed E-state index contributed by atoms with van der Waals surface area (Å²) in [7, 11) is -2.02. The molecule has 6 heteroatoms. The summed E-state index contributed by atoms with van der Waals surface area (Å²) in [6.07, 6.45) is 3.97. The maximum Gasteiger partial charge on any atom is 0.307 e. The number of aliphatic hydroxyl groups is 1. The molecule has 2 heterocycles. The molecule has 1 unspecified atom stereocenters. The quantitative estimate of drug-likeness (QED) is 0.149. The largest absolute Gasteiger partial charge is 0.496 e. The first-order valence-electron chi connectivity index (χ1n) is 15.2. The van der Waals surface area contributed by atoms with Crippen LogP contribution in [0.4, 0.5) is 0 Å². The van der Waals surface area contributed by atoms with Crippen LogP contribution in [-0.2, 0) is 11.2 Å². The van der Waals surface area contributed by atoms with E-state index >= 15 is 0 Å². The average Bonchev–Trinajstić information content (AvgIpc) is 3.45. The van der Waals surface area contributed by atoms with Gasteiger partial charge in [-0.3, -0.25) is 4.57 Å². The van der Waals surface area contributed by atoms with E-state index in [1.54, 1.807) is 13.2 Å². The Morgan fingerprint density at radius 2 is 1.35 bits per heavy atom. The highest BCUT2D eigenvalue weighted by molar-refractivity contribution is 7.75. The Morgan fingerprint density at radius 3 is 2.04 bits per heavy atom. The molecule has 0 aliphatic carbocycles. The van der Waals surface area contributed by atoms with E-state index in [2.05, 4.69) is 77.4 Å². The van der Waals surface area contributed by atoms with E-state index in [1.165, 1.54) is 21.8 Å². The van der Waals surface area contributed by atoms with Crippen molar-refractivity contribution in [3.8, 4) is 28.3 Å². The maximum atomic E-state index is 14.8. The number of benzene rings is 6. The summed E-state index contributed by atoms with van der Waals surface area (Å²) in [5.74, 6) is 1.10. The maximum absolute atomic E-state index is 14.8. The van der Waals surface area contributed by atoms with E-state index in [-0.39, 0.29) is 6.61 Å². The highest BCUT2D eigenvalue weighted by atomic mass is 31.2. The third kappa shape index (κ3) is 4.47.